The molecule has 0 aliphatic heterocycles. The highest BCUT2D eigenvalue weighted by atomic mass is 19.3. The number of para-hydroxylation sites is 1. The molecule has 0 spiro atoms. The van der Waals surface area contributed by atoms with Gasteiger partial charge in [0.2, 0.25) is 0 Å². The van der Waals surface area contributed by atoms with Gasteiger partial charge in [-0.3, -0.25) is 4.79 Å². The van der Waals surface area contributed by atoms with Gasteiger partial charge in [-0.25, -0.2) is 8.78 Å². The molecule has 0 bridgehead atoms. The molecule has 1 aromatic carbocycles. The molecule has 0 saturated carbocycles. The third-order valence-electron chi connectivity index (χ3n) is 2.60. The van der Waals surface area contributed by atoms with Crippen LogP contribution in [0.25, 0.3) is 0 Å². The van der Waals surface area contributed by atoms with Crippen molar-refractivity contribution in [2.24, 2.45) is 5.73 Å². The van der Waals surface area contributed by atoms with Gasteiger partial charge in [-0.05, 0) is 25.0 Å². The van der Waals surface area contributed by atoms with Crippen LogP contribution < -0.4 is 15.8 Å². The third kappa shape index (κ3) is 4.82. The Morgan fingerprint density at radius 3 is 2.47 bits per heavy atom. The molecular weight excluding hydrogens is 254 g/mol. The van der Waals surface area contributed by atoms with Crippen LogP contribution in [0.4, 0.5) is 8.78 Å². The van der Waals surface area contributed by atoms with Crippen LogP contribution in [0.2, 0.25) is 0 Å². The summed E-state index contributed by atoms with van der Waals surface area (Å²) in [5.74, 6) is -3.09. The largest absolute Gasteiger partial charge is 0.483 e. The van der Waals surface area contributed by atoms with Crippen LogP contribution in [0.1, 0.15) is 11.1 Å². The summed E-state index contributed by atoms with van der Waals surface area (Å²) in [6.45, 7) is 1.82. The summed E-state index contributed by atoms with van der Waals surface area (Å²) < 4.78 is 31.0. The first-order valence-corrected chi connectivity index (χ1v) is 5.89. The summed E-state index contributed by atoms with van der Waals surface area (Å²) in [6.07, 6.45) is 0. The molecule has 0 atom stereocenters. The van der Waals surface area contributed by atoms with Gasteiger partial charge in [0, 0.05) is 0 Å². The number of carbonyl (C=O) groups is 1. The first-order valence-electron chi connectivity index (χ1n) is 5.89. The van der Waals surface area contributed by atoms with Gasteiger partial charge in [-0.2, -0.15) is 0 Å². The van der Waals surface area contributed by atoms with Crippen molar-refractivity contribution in [3.8, 4) is 5.75 Å². The first-order chi connectivity index (χ1) is 8.85. The molecule has 3 N–H and O–H groups in total. The number of carbonyl (C=O) groups excluding carboxylic acids is 1. The average Bonchev–Trinajstić information content (AvgIpc) is 2.36. The van der Waals surface area contributed by atoms with E-state index in [1.807, 2.05) is 32.0 Å². The Morgan fingerprint density at radius 2 is 1.95 bits per heavy atom. The van der Waals surface area contributed by atoms with Gasteiger partial charge in [-0.15, -0.1) is 0 Å². The fourth-order valence-corrected chi connectivity index (χ4v) is 1.52. The van der Waals surface area contributed by atoms with E-state index in [1.54, 1.807) is 0 Å². The topological polar surface area (TPSA) is 64.3 Å². The van der Waals surface area contributed by atoms with Crippen LogP contribution in [-0.2, 0) is 4.79 Å². The molecule has 1 amide bonds. The Labute approximate surface area is 110 Å². The zero-order chi connectivity index (χ0) is 14.5. The quantitative estimate of drug-likeness (QED) is 0.822. The summed E-state index contributed by atoms with van der Waals surface area (Å²) in [7, 11) is 0. The minimum atomic E-state index is -3.09. The zero-order valence-corrected chi connectivity index (χ0v) is 11.0. The number of hydrogen-bond donors (Lipinski definition) is 2. The maximum atomic E-state index is 12.8. The molecule has 106 valence electrons. The van der Waals surface area contributed by atoms with Crippen molar-refractivity contribution in [2.45, 2.75) is 19.8 Å². The lowest BCUT2D eigenvalue weighted by Gasteiger charge is -2.15. The summed E-state index contributed by atoms with van der Waals surface area (Å²) in [5.41, 5.74) is 6.64. The van der Waals surface area contributed by atoms with Gasteiger partial charge in [0.15, 0.2) is 6.61 Å². The predicted octanol–water partition coefficient (Wildman–Crippen LogP) is 1.39. The maximum absolute atomic E-state index is 12.8. The van der Waals surface area contributed by atoms with Crippen LogP contribution >= 0.6 is 0 Å². The smallest absolute Gasteiger partial charge is 0.277 e. The number of hydrogen-bond acceptors (Lipinski definition) is 3. The Kier molecular flexibility index (Phi) is 5.23. The molecule has 0 heterocycles. The lowest BCUT2D eigenvalue weighted by Crippen LogP contribution is -2.43. The SMILES string of the molecule is Cc1cccc(C)c1OCC(=O)NCC(F)(F)CN. The van der Waals surface area contributed by atoms with E-state index in [9.17, 15) is 13.6 Å². The van der Waals surface area contributed by atoms with Crippen LogP contribution in [0.15, 0.2) is 18.2 Å². The van der Waals surface area contributed by atoms with E-state index in [-0.39, 0.29) is 6.61 Å². The van der Waals surface area contributed by atoms with E-state index in [0.717, 1.165) is 11.1 Å². The highest BCUT2D eigenvalue weighted by Gasteiger charge is 2.27. The van der Waals surface area contributed by atoms with Gasteiger partial charge in [-0.1, -0.05) is 18.2 Å². The molecule has 0 unspecified atom stereocenters. The summed E-state index contributed by atoms with van der Waals surface area (Å²) in [5, 5.41) is 2.09. The second kappa shape index (κ2) is 6.47. The van der Waals surface area contributed by atoms with E-state index in [0.29, 0.717) is 5.75 Å². The van der Waals surface area contributed by atoms with Crippen molar-refractivity contribution in [1.29, 1.82) is 0 Å². The van der Waals surface area contributed by atoms with E-state index >= 15 is 0 Å². The van der Waals surface area contributed by atoms with Crippen LogP contribution in [0, 0.1) is 13.8 Å². The molecule has 0 radical (unpaired) electrons. The molecule has 1 rings (SSSR count). The minimum absolute atomic E-state index is 0.299. The average molecular weight is 272 g/mol. The van der Waals surface area contributed by atoms with Crippen molar-refractivity contribution < 1.29 is 18.3 Å². The van der Waals surface area contributed by atoms with Gasteiger partial charge in [0.1, 0.15) is 5.75 Å². The Hall–Kier alpha value is -1.69. The molecule has 0 aromatic heterocycles. The summed E-state index contributed by atoms with van der Waals surface area (Å²) >= 11 is 0. The molecule has 19 heavy (non-hydrogen) atoms. The highest BCUT2D eigenvalue weighted by molar-refractivity contribution is 5.77. The van der Waals surface area contributed by atoms with E-state index in [2.05, 4.69) is 5.32 Å². The summed E-state index contributed by atoms with van der Waals surface area (Å²) in [6, 6.07) is 5.57. The van der Waals surface area contributed by atoms with Crippen molar-refractivity contribution >= 4 is 5.91 Å². The molecule has 0 saturated heterocycles. The van der Waals surface area contributed by atoms with Crippen LogP contribution in [0.5, 0.6) is 5.75 Å². The van der Waals surface area contributed by atoms with E-state index < -0.39 is 24.9 Å². The zero-order valence-electron chi connectivity index (χ0n) is 11.0. The number of rotatable bonds is 6. The number of nitrogens with one attached hydrogen (secondary N) is 1. The Balaban J connectivity index is 2.47. The van der Waals surface area contributed by atoms with Crippen molar-refractivity contribution in [2.75, 3.05) is 19.7 Å². The van der Waals surface area contributed by atoms with Crippen molar-refractivity contribution in [3.05, 3.63) is 29.3 Å². The number of benzene rings is 1. The maximum Gasteiger partial charge on any atom is 0.277 e. The second-order valence-corrected chi connectivity index (χ2v) is 4.35. The van der Waals surface area contributed by atoms with E-state index in [4.69, 9.17) is 10.5 Å². The van der Waals surface area contributed by atoms with Gasteiger partial charge < -0.3 is 15.8 Å². The second-order valence-electron chi connectivity index (χ2n) is 4.35. The fraction of sp³-hybridized carbons (Fsp3) is 0.462. The highest BCUT2D eigenvalue weighted by Crippen LogP contribution is 2.22. The third-order valence-corrected chi connectivity index (χ3v) is 2.60. The van der Waals surface area contributed by atoms with Crippen LogP contribution in [-0.4, -0.2) is 31.5 Å². The van der Waals surface area contributed by atoms with Crippen LogP contribution in [0.3, 0.4) is 0 Å². The molecule has 1 aromatic rings. The van der Waals surface area contributed by atoms with Crippen molar-refractivity contribution in [1.82, 2.24) is 5.32 Å². The number of aryl methyl sites for hydroxylation is 2. The predicted molar refractivity (Wildman–Crippen MR) is 68.4 cm³/mol. The fourth-order valence-electron chi connectivity index (χ4n) is 1.52. The molecule has 4 nitrogen and oxygen atoms in total. The number of halogens is 2. The number of amides is 1. The monoisotopic (exact) mass is 272 g/mol. The Morgan fingerprint density at radius 1 is 1.37 bits per heavy atom. The summed E-state index contributed by atoms with van der Waals surface area (Å²) in [4.78, 5) is 11.4. The molecule has 6 heteroatoms. The van der Waals surface area contributed by atoms with Gasteiger partial charge in [0.05, 0.1) is 13.1 Å². The molecule has 0 aliphatic carbocycles. The number of nitrogens with two attached hydrogens (primary N) is 1. The van der Waals surface area contributed by atoms with E-state index in [1.165, 1.54) is 0 Å². The standard InChI is InChI=1S/C13H18F2N2O2/c1-9-4-3-5-10(2)12(9)19-6-11(18)17-8-13(14,15)7-16/h3-5H,6-8,16H2,1-2H3,(H,17,18). The first kappa shape index (κ1) is 15.4. The van der Waals surface area contributed by atoms with Gasteiger partial charge >= 0.3 is 0 Å². The van der Waals surface area contributed by atoms with Crippen molar-refractivity contribution in [3.63, 3.8) is 0 Å². The molecule has 0 fully saturated rings. The lowest BCUT2D eigenvalue weighted by molar-refractivity contribution is -0.124. The Bertz CT molecular complexity index is 430. The van der Waals surface area contributed by atoms with Gasteiger partial charge in [0.25, 0.3) is 11.8 Å². The number of ether oxygens (including phenoxy) is 1. The molecule has 0 aliphatic rings. The lowest BCUT2D eigenvalue weighted by atomic mass is 10.1. The number of alkyl halides is 2. The minimum Gasteiger partial charge on any atom is -0.483 e. The normalized spacial score (nSPS) is 11.2. The molecular formula is C13H18F2N2O2.